The molecule has 1 fully saturated rings. The molecule has 0 unspecified atom stereocenters. The molecule has 3 aromatic rings. The van der Waals surface area contributed by atoms with Crippen LogP contribution in [0.25, 0.3) is 11.5 Å². The minimum Gasteiger partial charge on any atom is -0.496 e. The van der Waals surface area contributed by atoms with Crippen LogP contribution in [-0.4, -0.2) is 53.6 Å². The van der Waals surface area contributed by atoms with Gasteiger partial charge in [-0.25, -0.2) is 0 Å². The van der Waals surface area contributed by atoms with E-state index in [-0.39, 0.29) is 17.7 Å². The maximum Gasteiger partial charge on any atom is 0.277 e. The molecule has 2 aromatic carbocycles. The Kier molecular flexibility index (Phi) is 5.89. The molecule has 0 N–H and O–H groups in total. The van der Waals surface area contributed by atoms with Crippen LogP contribution in [0.15, 0.2) is 52.1 Å². The predicted octanol–water partition coefficient (Wildman–Crippen LogP) is 3.97. The van der Waals surface area contributed by atoms with Gasteiger partial charge < -0.3 is 23.5 Å². The molecule has 9 heteroatoms. The average Bonchev–Trinajstić information content (AvgIpc) is 3.52. The van der Waals surface area contributed by atoms with E-state index in [1.807, 2.05) is 47.4 Å². The normalized spacial score (nSPS) is 17.4. The highest BCUT2D eigenvalue weighted by atomic mass is 32.2. The fourth-order valence-corrected chi connectivity index (χ4v) is 4.73. The van der Waals surface area contributed by atoms with Crippen molar-refractivity contribution in [2.45, 2.75) is 24.1 Å². The van der Waals surface area contributed by atoms with Gasteiger partial charge in [-0.2, -0.15) is 0 Å². The molecule has 32 heavy (non-hydrogen) atoms. The topological polar surface area (TPSA) is 86.9 Å². The number of fused-ring (bicyclic) bond motifs is 1. The third-order valence-corrected chi connectivity index (χ3v) is 6.39. The molecular formula is C23H23N3O5S. The molecule has 3 heterocycles. The molecule has 0 saturated carbocycles. The SMILES string of the molecule is COc1ccccc1-c1nnc(SCC(=O)N2CCC[C@H]2c2ccc3c(c2)OCCO3)o1. The number of hydrogen-bond donors (Lipinski definition) is 0. The quantitative estimate of drug-likeness (QED) is 0.518. The summed E-state index contributed by atoms with van der Waals surface area (Å²) in [7, 11) is 1.59. The molecular weight excluding hydrogens is 430 g/mol. The third kappa shape index (κ3) is 4.12. The Hall–Kier alpha value is -3.20. The van der Waals surface area contributed by atoms with E-state index in [2.05, 4.69) is 10.2 Å². The van der Waals surface area contributed by atoms with Crippen molar-refractivity contribution in [1.29, 1.82) is 0 Å². The first-order chi connectivity index (χ1) is 15.7. The van der Waals surface area contributed by atoms with Gasteiger partial charge in [0.2, 0.25) is 5.91 Å². The minimum atomic E-state index is 0.0331. The van der Waals surface area contributed by atoms with Crippen LogP contribution < -0.4 is 14.2 Å². The van der Waals surface area contributed by atoms with Crippen molar-refractivity contribution in [3.63, 3.8) is 0 Å². The van der Waals surface area contributed by atoms with Crippen LogP contribution in [0.3, 0.4) is 0 Å². The van der Waals surface area contributed by atoms with Crippen LogP contribution in [0.4, 0.5) is 0 Å². The predicted molar refractivity (Wildman–Crippen MR) is 118 cm³/mol. The molecule has 2 aliphatic heterocycles. The number of nitrogens with zero attached hydrogens (tertiary/aromatic N) is 3. The van der Waals surface area contributed by atoms with E-state index in [0.29, 0.717) is 30.1 Å². The Bertz CT molecular complexity index is 1120. The first-order valence-electron chi connectivity index (χ1n) is 10.5. The summed E-state index contributed by atoms with van der Waals surface area (Å²) in [6.07, 6.45) is 1.89. The Morgan fingerprint density at radius 2 is 2.00 bits per heavy atom. The summed E-state index contributed by atoms with van der Waals surface area (Å²) in [4.78, 5) is 14.9. The lowest BCUT2D eigenvalue weighted by molar-refractivity contribution is -0.129. The summed E-state index contributed by atoms with van der Waals surface area (Å²) in [6.45, 7) is 1.84. The van der Waals surface area contributed by atoms with Gasteiger partial charge in [0.1, 0.15) is 19.0 Å². The summed E-state index contributed by atoms with van der Waals surface area (Å²) in [6, 6.07) is 13.4. The second-order valence-electron chi connectivity index (χ2n) is 7.51. The van der Waals surface area contributed by atoms with Gasteiger partial charge >= 0.3 is 0 Å². The first-order valence-corrected chi connectivity index (χ1v) is 11.5. The second-order valence-corrected chi connectivity index (χ2v) is 8.44. The Labute approximate surface area is 189 Å². The maximum atomic E-state index is 13.0. The number of rotatable bonds is 6. The van der Waals surface area contributed by atoms with Crippen LogP contribution >= 0.6 is 11.8 Å². The summed E-state index contributed by atoms with van der Waals surface area (Å²) in [5, 5.41) is 8.54. The molecule has 8 nitrogen and oxygen atoms in total. The zero-order chi connectivity index (χ0) is 21.9. The molecule has 0 spiro atoms. The van der Waals surface area contributed by atoms with E-state index in [4.69, 9.17) is 18.6 Å². The monoisotopic (exact) mass is 453 g/mol. The van der Waals surface area contributed by atoms with E-state index in [9.17, 15) is 4.79 Å². The molecule has 2 aliphatic rings. The summed E-state index contributed by atoms with van der Waals surface area (Å²) in [5.41, 5.74) is 1.79. The lowest BCUT2D eigenvalue weighted by atomic mass is 10.0. The number of para-hydroxylation sites is 1. The van der Waals surface area contributed by atoms with E-state index >= 15 is 0 Å². The van der Waals surface area contributed by atoms with Crippen LogP contribution in [0.2, 0.25) is 0 Å². The average molecular weight is 454 g/mol. The van der Waals surface area contributed by atoms with Crippen molar-refractivity contribution in [3.8, 4) is 28.7 Å². The van der Waals surface area contributed by atoms with Gasteiger partial charge in [-0.05, 0) is 42.7 Å². The molecule has 0 aliphatic carbocycles. The van der Waals surface area contributed by atoms with Crippen LogP contribution in [0.5, 0.6) is 17.2 Å². The number of carbonyl (C=O) groups is 1. The largest absolute Gasteiger partial charge is 0.496 e. The number of methoxy groups -OCH3 is 1. The number of carbonyl (C=O) groups excluding carboxylic acids is 1. The van der Waals surface area contributed by atoms with Gasteiger partial charge in [0, 0.05) is 6.54 Å². The lowest BCUT2D eigenvalue weighted by Gasteiger charge is -2.26. The number of ether oxygens (including phenoxy) is 3. The highest BCUT2D eigenvalue weighted by molar-refractivity contribution is 7.99. The van der Waals surface area contributed by atoms with Gasteiger partial charge in [0.15, 0.2) is 11.5 Å². The van der Waals surface area contributed by atoms with Crippen molar-refractivity contribution >= 4 is 17.7 Å². The lowest BCUT2D eigenvalue weighted by Crippen LogP contribution is -2.32. The van der Waals surface area contributed by atoms with Crippen molar-refractivity contribution in [2.75, 3.05) is 32.6 Å². The number of amides is 1. The van der Waals surface area contributed by atoms with E-state index < -0.39 is 0 Å². The minimum absolute atomic E-state index is 0.0331. The van der Waals surface area contributed by atoms with Crippen LogP contribution in [0.1, 0.15) is 24.4 Å². The number of aromatic nitrogens is 2. The Morgan fingerprint density at radius 1 is 1.16 bits per heavy atom. The second kappa shape index (κ2) is 9.12. The fraction of sp³-hybridized carbons (Fsp3) is 0.348. The van der Waals surface area contributed by atoms with Crippen LogP contribution in [0, 0.1) is 0 Å². The van der Waals surface area contributed by atoms with Gasteiger partial charge in [-0.1, -0.05) is 30.0 Å². The van der Waals surface area contributed by atoms with Gasteiger partial charge in [-0.3, -0.25) is 4.79 Å². The Balaban J connectivity index is 1.25. The maximum absolute atomic E-state index is 13.0. The van der Waals surface area contributed by atoms with E-state index in [1.54, 1.807) is 7.11 Å². The van der Waals surface area contributed by atoms with Crippen molar-refractivity contribution < 1.29 is 23.4 Å². The van der Waals surface area contributed by atoms with Crippen molar-refractivity contribution in [3.05, 3.63) is 48.0 Å². The zero-order valence-corrected chi connectivity index (χ0v) is 18.5. The number of thioether (sulfide) groups is 1. The molecule has 1 aromatic heterocycles. The molecule has 166 valence electrons. The van der Waals surface area contributed by atoms with Gasteiger partial charge in [-0.15, -0.1) is 10.2 Å². The summed E-state index contributed by atoms with van der Waals surface area (Å²) >= 11 is 1.25. The summed E-state index contributed by atoms with van der Waals surface area (Å²) < 4.78 is 22.4. The number of benzene rings is 2. The summed E-state index contributed by atoms with van der Waals surface area (Å²) in [5.74, 6) is 2.81. The van der Waals surface area contributed by atoms with Crippen molar-refractivity contribution in [1.82, 2.24) is 15.1 Å². The van der Waals surface area contributed by atoms with Crippen molar-refractivity contribution in [2.24, 2.45) is 0 Å². The number of hydrogen-bond acceptors (Lipinski definition) is 8. The van der Waals surface area contributed by atoms with Gasteiger partial charge in [0.05, 0.1) is 24.5 Å². The molecule has 1 amide bonds. The standard InChI is InChI=1S/C23H23N3O5S/c1-28-18-7-3-2-5-16(18)22-24-25-23(31-22)32-14-21(27)26-10-4-6-17(26)15-8-9-19-20(13-15)30-12-11-29-19/h2-3,5,7-9,13,17H,4,6,10-12,14H2,1H3/t17-/m0/s1. The molecule has 0 bridgehead atoms. The molecule has 1 saturated heterocycles. The van der Waals surface area contributed by atoms with Crippen LogP contribution in [-0.2, 0) is 4.79 Å². The smallest absolute Gasteiger partial charge is 0.277 e. The van der Waals surface area contributed by atoms with E-state index in [0.717, 1.165) is 42.0 Å². The highest BCUT2D eigenvalue weighted by Gasteiger charge is 2.31. The fourth-order valence-electron chi connectivity index (χ4n) is 4.08. The molecule has 1 atom stereocenters. The molecule has 5 rings (SSSR count). The highest BCUT2D eigenvalue weighted by Crippen LogP contribution is 2.38. The Morgan fingerprint density at radius 3 is 2.88 bits per heavy atom. The first kappa shape index (κ1) is 20.7. The van der Waals surface area contributed by atoms with E-state index in [1.165, 1.54) is 11.8 Å². The third-order valence-electron chi connectivity index (χ3n) is 5.59. The molecule has 0 radical (unpaired) electrons. The number of likely N-dealkylation sites (tertiary alicyclic amines) is 1. The van der Waals surface area contributed by atoms with Gasteiger partial charge in [0.25, 0.3) is 11.1 Å². The zero-order valence-electron chi connectivity index (χ0n) is 17.7.